The Kier molecular flexibility index (Phi) is 9.17. The van der Waals surface area contributed by atoms with Gasteiger partial charge in [0.05, 0.1) is 24.7 Å². The van der Waals surface area contributed by atoms with Gasteiger partial charge in [-0.2, -0.15) is 13.2 Å². The highest BCUT2D eigenvalue weighted by molar-refractivity contribution is 7.93. The first-order valence-electron chi connectivity index (χ1n) is 12.3. The second-order valence-electron chi connectivity index (χ2n) is 8.74. The Morgan fingerprint density at radius 3 is 1.95 bits per heavy atom. The van der Waals surface area contributed by atoms with Crippen molar-refractivity contribution >= 4 is 27.4 Å². The van der Waals surface area contributed by atoms with Crippen molar-refractivity contribution in [3.05, 3.63) is 72.8 Å². The zero-order valence-electron chi connectivity index (χ0n) is 21.2. The lowest BCUT2D eigenvalue weighted by Gasteiger charge is -2.31. The molecule has 0 atom stereocenters. The minimum atomic E-state index is -5.08. The first-order valence-corrected chi connectivity index (χ1v) is 13.8. The number of morpholine rings is 1. The van der Waals surface area contributed by atoms with Gasteiger partial charge in [-0.05, 0) is 55.0 Å². The van der Waals surface area contributed by atoms with Crippen molar-refractivity contribution in [2.24, 2.45) is 0 Å². The van der Waals surface area contributed by atoms with Crippen molar-refractivity contribution in [2.45, 2.75) is 17.5 Å². The van der Waals surface area contributed by atoms with Crippen molar-refractivity contribution in [3.63, 3.8) is 0 Å². The average Bonchev–Trinajstić information content (AvgIpc) is 2.94. The highest BCUT2D eigenvalue weighted by Crippen LogP contribution is 2.48. The number of rotatable bonds is 7. The van der Waals surface area contributed by atoms with Crippen LogP contribution in [0.25, 0.3) is 0 Å². The number of halogens is 3. The van der Waals surface area contributed by atoms with E-state index in [0.29, 0.717) is 35.2 Å². The smallest absolute Gasteiger partial charge is 0.490 e. The van der Waals surface area contributed by atoms with Gasteiger partial charge >= 0.3 is 12.1 Å². The quantitative estimate of drug-likeness (QED) is 0.387. The molecule has 1 N–H and O–H groups in total. The summed E-state index contributed by atoms with van der Waals surface area (Å²) in [5.74, 6) is -1.11. The van der Waals surface area contributed by atoms with Gasteiger partial charge < -0.3 is 19.3 Å². The summed E-state index contributed by atoms with van der Waals surface area (Å²) < 4.78 is 77.5. The lowest BCUT2D eigenvalue weighted by molar-refractivity contribution is -0.192. The number of carboxylic acids is 1. The van der Waals surface area contributed by atoms with Crippen molar-refractivity contribution in [2.75, 3.05) is 43.8 Å². The molecule has 0 radical (unpaired) electrons. The van der Waals surface area contributed by atoms with Gasteiger partial charge in [0.2, 0.25) is 0 Å². The summed E-state index contributed by atoms with van der Waals surface area (Å²) in [6.45, 7) is 5.03. The first kappa shape index (κ1) is 29.2. The number of fused-ring (bicyclic) bond motifs is 2. The third-order valence-corrected chi connectivity index (χ3v) is 7.73. The average molecular weight is 581 g/mol. The molecule has 1 fully saturated rings. The van der Waals surface area contributed by atoms with E-state index in [4.69, 9.17) is 24.1 Å². The molecule has 9 nitrogen and oxygen atoms in total. The van der Waals surface area contributed by atoms with E-state index in [-0.39, 0.29) is 4.90 Å². The summed E-state index contributed by atoms with van der Waals surface area (Å²) in [7, 11) is -3.87. The molecule has 0 aliphatic carbocycles. The summed E-state index contributed by atoms with van der Waals surface area (Å²) in [4.78, 5) is 11.4. The molecular weight excluding hydrogens is 553 g/mol. The van der Waals surface area contributed by atoms with Gasteiger partial charge in [-0.25, -0.2) is 17.5 Å². The van der Waals surface area contributed by atoms with E-state index >= 15 is 0 Å². The first-order chi connectivity index (χ1) is 19.1. The van der Waals surface area contributed by atoms with E-state index in [2.05, 4.69) is 4.90 Å². The number of alkyl halides is 3. The Morgan fingerprint density at radius 2 is 1.43 bits per heavy atom. The topological polar surface area (TPSA) is 106 Å². The number of hydrogen-bond acceptors (Lipinski definition) is 7. The van der Waals surface area contributed by atoms with Gasteiger partial charge in [-0.15, -0.1) is 0 Å². The molecule has 2 heterocycles. The maximum atomic E-state index is 13.7. The van der Waals surface area contributed by atoms with Gasteiger partial charge in [-0.1, -0.05) is 24.3 Å². The van der Waals surface area contributed by atoms with Gasteiger partial charge in [0.15, 0.2) is 11.5 Å². The molecule has 0 unspecified atom stereocenters. The zero-order valence-corrected chi connectivity index (χ0v) is 22.0. The SMILES string of the molecule is O=C(O)C(F)(F)F.O=S(=O)(c1ccc(OCCCN2CCOCC2)cc1)N1c2ccccc2Oc2ccccc21. The van der Waals surface area contributed by atoms with E-state index in [1.54, 1.807) is 60.7 Å². The summed E-state index contributed by atoms with van der Waals surface area (Å²) in [5, 5.41) is 7.12. The van der Waals surface area contributed by atoms with Crippen LogP contribution in [-0.4, -0.2) is 70.0 Å². The molecule has 40 heavy (non-hydrogen) atoms. The number of nitrogens with zero attached hydrogens (tertiary/aromatic N) is 2. The van der Waals surface area contributed by atoms with Crippen LogP contribution in [0.5, 0.6) is 17.2 Å². The second kappa shape index (κ2) is 12.6. The number of aliphatic carboxylic acids is 1. The fourth-order valence-electron chi connectivity index (χ4n) is 4.05. The number of para-hydroxylation sites is 4. The lowest BCUT2D eigenvalue weighted by atomic mass is 10.2. The summed E-state index contributed by atoms with van der Waals surface area (Å²) >= 11 is 0. The number of carboxylic acid groups (broad SMARTS) is 1. The number of carbonyl (C=O) groups is 1. The Bertz CT molecular complexity index is 1360. The molecule has 0 aromatic heterocycles. The van der Waals surface area contributed by atoms with Gasteiger partial charge in [0.25, 0.3) is 10.0 Å². The third-order valence-electron chi connectivity index (χ3n) is 5.98. The molecule has 214 valence electrons. The predicted molar refractivity (Wildman–Crippen MR) is 140 cm³/mol. The number of anilines is 2. The fraction of sp³-hybridized carbons (Fsp3) is 0.296. The zero-order chi connectivity index (χ0) is 28.8. The standard InChI is InChI=1S/C25H26N2O5S.C2HF3O2/c28-33(29,27-22-6-1-3-8-24(22)32-25-9-4-2-7-23(25)27)21-12-10-20(11-13-21)31-17-5-14-26-15-18-30-19-16-26;3-2(4,5)1(6)7/h1-4,6-13H,5,14-19H2;(H,6,7). The van der Waals surface area contributed by atoms with Crippen LogP contribution in [0.2, 0.25) is 0 Å². The summed E-state index contributed by atoms with van der Waals surface area (Å²) in [5.41, 5.74) is 0.972. The molecule has 0 amide bonds. The Labute approximate surface area is 229 Å². The van der Waals surface area contributed by atoms with Crippen molar-refractivity contribution in [1.29, 1.82) is 0 Å². The molecule has 3 aromatic rings. The number of ether oxygens (including phenoxy) is 3. The van der Waals surface area contributed by atoms with Crippen LogP contribution in [0, 0.1) is 0 Å². The van der Waals surface area contributed by atoms with E-state index in [9.17, 15) is 21.6 Å². The molecule has 5 rings (SSSR count). The highest BCUT2D eigenvalue weighted by atomic mass is 32.2. The molecule has 2 aliphatic rings. The van der Waals surface area contributed by atoms with E-state index in [1.165, 1.54) is 4.31 Å². The van der Waals surface area contributed by atoms with Crippen LogP contribution < -0.4 is 13.8 Å². The minimum absolute atomic E-state index is 0.190. The molecule has 13 heteroatoms. The fourth-order valence-corrected chi connectivity index (χ4v) is 5.56. The molecule has 0 spiro atoms. The van der Waals surface area contributed by atoms with Crippen LogP contribution in [-0.2, 0) is 19.6 Å². The number of sulfonamides is 1. The predicted octanol–water partition coefficient (Wildman–Crippen LogP) is 5.05. The van der Waals surface area contributed by atoms with Gasteiger partial charge in [0.1, 0.15) is 17.1 Å². The van der Waals surface area contributed by atoms with Crippen LogP contribution in [0.1, 0.15) is 6.42 Å². The number of hydrogen-bond donors (Lipinski definition) is 1. The van der Waals surface area contributed by atoms with E-state index in [0.717, 1.165) is 39.3 Å². The van der Waals surface area contributed by atoms with Crippen molar-refractivity contribution in [3.8, 4) is 17.2 Å². The monoisotopic (exact) mass is 580 g/mol. The second-order valence-corrected chi connectivity index (χ2v) is 10.5. The third kappa shape index (κ3) is 7.03. The Balaban J connectivity index is 0.000000470. The Hall–Kier alpha value is -3.81. The summed E-state index contributed by atoms with van der Waals surface area (Å²) in [6, 6.07) is 20.9. The maximum absolute atomic E-state index is 13.7. The van der Waals surface area contributed by atoms with Crippen LogP contribution in [0.4, 0.5) is 24.5 Å². The van der Waals surface area contributed by atoms with Crippen LogP contribution in [0.3, 0.4) is 0 Å². The number of benzene rings is 3. The molecule has 3 aromatic carbocycles. The van der Waals surface area contributed by atoms with E-state index < -0.39 is 22.2 Å². The Morgan fingerprint density at radius 1 is 0.900 bits per heavy atom. The van der Waals surface area contributed by atoms with Crippen molar-refractivity contribution < 1.29 is 45.7 Å². The maximum Gasteiger partial charge on any atom is 0.490 e. The minimum Gasteiger partial charge on any atom is -0.494 e. The van der Waals surface area contributed by atoms with Crippen LogP contribution >= 0.6 is 0 Å². The van der Waals surface area contributed by atoms with Gasteiger partial charge in [-0.3, -0.25) is 4.90 Å². The largest absolute Gasteiger partial charge is 0.494 e. The molecule has 1 saturated heterocycles. The lowest BCUT2D eigenvalue weighted by Crippen LogP contribution is -2.37. The highest BCUT2D eigenvalue weighted by Gasteiger charge is 2.38. The summed E-state index contributed by atoms with van der Waals surface area (Å²) in [6.07, 6.45) is -4.18. The van der Waals surface area contributed by atoms with E-state index in [1.807, 2.05) is 12.1 Å². The molecular formula is C27H27F3N2O7S. The molecule has 0 saturated carbocycles. The normalized spacial score (nSPS) is 15.1. The van der Waals surface area contributed by atoms with Crippen molar-refractivity contribution in [1.82, 2.24) is 4.90 Å². The molecule has 2 aliphatic heterocycles. The van der Waals surface area contributed by atoms with Gasteiger partial charge in [0, 0.05) is 19.6 Å². The van der Waals surface area contributed by atoms with Crippen LogP contribution in [0.15, 0.2) is 77.7 Å². The molecule has 0 bridgehead atoms.